The van der Waals surface area contributed by atoms with Crippen LogP contribution in [0.5, 0.6) is 0 Å². The molecule has 4 amide bonds. The van der Waals surface area contributed by atoms with Crippen LogP contribution in [0.4, 0.5) is 4.79 Å². The van der Waals surface area contributed by atoms with Gasteiger partial charge in [0.15, 0.2) is 6.61 Å². The predicted molar refractivity (Wildman–Crippen MR) is 111 cm³/mol. The third-order valence-electron chi connectivity index (χ3n) is 5.75. The Labute approximate surface area is 179 Å². The smallest absolute Gasteiger partial charge is 0.326 e. The molecule has 0 bridgehead atoms. The zero-order chi connectivity index (χ0) is 22.0. The molecule has 2 aromatic carbocycles. The number of benzene rings is 2. The molecule has 0 spiro atoms. The average molecular weight is 421 g/mol. The Morgan fingerprint density at radius 3 is 2.45 bits per heavy atom. The van der Waals surface area contributed by atoms with Crippen molar-refractivity contribution in [2.75, 3.05) is 19.7 Å². The number of carbonyl (C=O) groups excluding carboxylic acids is 4. The Hall–Kier alpha value is -3.68. The normalized spacial score (nSPS) is 20.3. The van der Waals surface area contributed by atoms with Crippen LogP contribution in [-0.4, -0.2) is 53.3 Å². The van der Waals surface area contributed by atoms with Gasteiger partial charge in [0, 0.05) is 13.1 Å². The Balaban J connectivity index is 1.32. The van der Waals surface area contributed by atoms with Gasteiger partial charge >= 0.3 is 12.0 Å². The molecule has 1 N–H and O–H groups in total. The van der Waals surface area contributed by atoms with Crippen molar-refractivity contribution in [1.29, 1.82) is 0 Å². The number of rotatable bonds is 5. The maximum atomic E-state index is 12.8. The molecule has 0 radical (unpaired) electrons. The summed E-state index contributed by atoms with van der Waals surface area (Å²) in [6.07, 6.45) is 0.746. The predicted octanol–water partition coefficient (Wildman–Crippen LogP) is 1.58. The van der Waals surface area contributed by atoms with Gasteiger partial charge in [-0.15, -0.1) is 0 Å². The van der Waals surface area contributed by atoms with Crippen molar-refractivity contribution in [2.24, 2.45) is 0 Å². The SMILES string of the molecule is C[C@]1(c2ccccc2)NC(=O)N(CC(=O)OCC(=O)N2CCc3ccccc3C2)C1=O. The van der Waals surface area contributed by atoms with E-state index >= 15 is 0 Å². The van der Waals surface area contributed by atoms with Gasteiger partial charge in [-0.2, -0.15) is 0 Å². The first-order valence-electron chi connectivity index (χ1n) is 10.1. The van der Waals surface area contributed by atoms with E-state index in [0.29, 0.717) is 18.7 Å². The van der Waals surface area contributed by atoms with Gasteiger partial charge in [0.2, 0.25) is 0 Å². The molecule has 4 rings (SSSR count). The molecule has 1 atom stereocenters. The van der Waals surface area contributed by atoms with Crippen molar-refractivity contribution in [3.8, 4) is 0 Å². The second kappa shape index (κ2) is 8.22. The molecule has 2 heterocycles. The quantitative estimate of drug-likeness (QED) is 0.584. The number of nitrogens with one attached hydrogen (secondary N) is 1. The lowest BCUT2D eigenvalue weighted by atomic mass is 9.92. The molecule has 8 heteroatoms. The van der Waals surface area contributed by atoms with Crippen LogP contribution in [0.2, 0.25) is 0 Å². The van der Waals surface area contributed by atoms with Crippen molar-refractivity contribution in [3.63, 3.8) is 0 Å². The molecule has 0 aromatic heterocycles. The van der Waals surface area contributed by atoms with Gasteiger partial charge in [-0.05, 0) is 30.0 Å². The topological polar surface area (TPSA) is 96.0 Å². The second-order valence-electron chi connectivity index (χ2n) is 7.81. The van der Waals surface area contributed by atoms with E-state index in [2.05, 4.69) is 5.32 Å². The Bertz CT molecular complexity index is 1040. The Morgan fingerprint density at radius 2 is 1.71 bits per heavy atom. The van der Waals surface area contributed by atoms with Gasteiger partial charge in [-0.25, -0.2) is 4.79 Å². The maximum Gasteiger partial charge on any atom is 0.326 e. The lowest BCUT2D eigenvalue weighted by Crippen LogP contribution is -2.42. The van der Waals surface area contributed by atoms with E-state index in [-0.39, 0.29) is 5.91 Å². The largest absolute Gasteiger partial charge is 0.454 e. The fraction of sp³-hybridized carbons (Fsp3) is 0.304. The lowest BCUT2D eigenvalue weighted by Gasteiger charge is -2.28. The number of amides is 4. The average Bonchev–Trinajstić information content (AvgIpc) is 3.01. The van der Waals surface area contributed by atoms with Gasteiger partial charge in [0.25, 0.3) is 11.8 Å². The van der Waals surface area contributed by atoms with Crippen LogP contribution < -0.4 is 5.32 Å². The molecule has 1 saturated heterocycles. The maximum absolute atomic E-state index is 12.8. The molecule has 160 valence electrons. The Morgan fingerprint density at radius 1 is 1.03 bits per heavy atom. The summed E-state index contributed by atoms with van der Waals surface area (Å²) in [5.41, 5.74) is 1.65. The minimum Gasteiger partial charge on any atom is -0.454 e. The minimum absolute atomic E-state index is 0.311. The molecular weight excluding hydrogens is 398 g/mol. The molecule has 31 heavy (non-hydrogen) atoms. The third-order valence-corrected chi connectivity index (χ3v) is 5.75. The fourth-order valence-corrected chi connectivity index (χ4v) is 3.92. The lowest BCUT2D eigenvalue weighted by molar-refractivity contribution is -0.154. The summed E-state index contributed by atoms with van der Waals surface area (Å²) >= 11 is 0. The molecule has 0 aliphatic carbocycles. The summed E-state index contributed by atoms with van der Waals surface area (Å²) in [5.74, 6) is -1.67. The highest BCUT2D eigenvalue weighted by atomic mass is 16.5. The van der Waals surface area contributed by atoms with Gasteiger partial charge < -0.3 is 15.0 Å². The van der Waals surface area contributed by atoms with Gasteiger partial charge in [0.05, 0.1) is 0 Å². The fourth-order valence-electron chi connectivity index (χ4n) is 3.92. The highest BCUT2D eigenvalue weighted by molar-refractivity contribution is 6.08. The molecule has 8 nitrogen and oxygen atoms in total. The minimum atomic E-state index is -1.25. The van der Waals surface area contributed by atoms with Crippen LogP contribution in [0.3, 0.4) is 0 Å². The standard InChI is InChI=1S/C23H23N3O5/c1-23(18-9-3-2-4-10-18)21(29)26(22(30)24-23)14-20(28)31-15-19(27)25-12-11-16-7-5-6-8-17(16)13-25/h2-10H,11-15H2,1H3,(H,24,30)/t23-/m1/s1. The summed E-state index contributed by atoms with van der Waals surface area (Å²) in [6.45, 7) is 1.63. The van der Waals surface area contributed by atoms with Crippen LogP contribution in [-0.2, 0) is 37.6 Å². The summed E-state index contributed by atoms with van der Waals surface area (Å²) in [6, 6.07) is 16.0. The number of imide groups is 1. The van der Waals surface area contributed by atoms with Crippen molar-refractivity contribution in [2.45, 2.75) is 25.4 Å². The van der Waals surface area contributed by atoms with Crippen LogP contribution in [0, 0.1) is 0 Å². The number of urea groups is 1. The van der Waals surface area contributed by atoms with Gasteiger partial charge in [-0.3, -0.25) is 19.3 Å². The molecule has 1 fully saturated rings. The number of ether oxygens (including phenoxy) is 1. The van der Waals surface area contributed by atoms with E-state index in [1.165, 1.54) is 5.56 Å². The van der Waals surface area contributed by atoms with Crippen LogP contribution in [0.1, 0.15) is 23.6 Å². The van der Waals surface area contributed by atoms with Gasteiger partial charge in [-0.1, -0.05) is 54.6 Å². The van der Waals surface area contributed by atoms with Crippen molar-refractivity contribution >= 4 is 23.8 Å². The summed E-state index contributed by atoms with van der Waals surface area (Å²) in [7, 11) is 0. The van der Waals surface area contributed by atoms with Gasteiger partial charge in [0.1, 0.15) is 12.1 Å². The summed E-state index contributed by atoms with van der Waals surface area (Å²) < 4.78 is 5.07. The number of hydrogen-bond acceptors (Lipinski definition) is 5. The van der Waals surface area contributed by atoms with Crippen LogP contribution in [0.15, 0.2) is 54.6 Å². The number of nitrogens with zero attached hydrogens (tertiary/aromatic N) is 2. The van der Waals surface area contributed by atoms with Crippen molar-refractivity contribution < 1.29 is 23.9 Å². The first kappa shape index (κ1) is 20.6. The highest BCUT2D eigenvalue weighted by Gasteiger charge is 2.49. The molecule has 0 saturated carbocycles. The second-order valence-corrected chi connectivity index (χ2v) is 7.81. The zero-order valence-corrected chi connectivity index (χ0v) is 17.2. The molecular formula is C23H23N3O5. The summed E-state index contributed by atoms with van der Waals surface area (Å²) in [5, 5.41) is 2.63. The van der Waals surface area contributed by atoms with E-state index in [4.69, 9.17) is 4.74 Å². The van der Waals surface area contributed by atoms with Crippen molar-refractivity contribution in [3.05, 3.63) is 71.3 Å². The molecule has 2 aliphatic heterocycles. The summed E-state index contributed by atoms with van der Waals surface area (Å²) in [4.78, 5) is 52.3. The van der Waals surface area contributed by atoms with Crippen LogP contribution >= 0.6 is 0 Å². The third kappa shape index (κ3) is 4.01. The zero-order valence-electron chi connectivity index (χ0n) is 17.2. The number of esters is 1. The van der Waals surface area contributed by atoms with E-state index in [1.54, 1.807) is 42.2 Å². The Kier molecular flexibility index (Phi) is 5.46. The molecule has 2 aliphatic rings. The monoisotopic (exact) mass is 421 g/mol. The van der Waals surface area contributed by atoms with E-state index in [0.717, 1.165) is 16.9 Å². The first-order chi connectivity index (χ1) is 14.9. The van der Waals surface area contributed by atoms with E-state index in [1.807, 2.05) is 24.3 Å². The first-order valence-corrected chi connectivity index (χ1v) is 10.1. The number of hydrogen-bond donors (Lipinski definition) is 1. The van der Waals surface area contributed by atoms with Crippen LogP contribution in [0.25, 0.3) is 0 Å². The van der Waals surface area contributed by atoms with E-state index < -0.39 is 36.6 Å². The molecule has 2 aromatic rings. The number of fused-ring (bicyclic) bond motifs is 1. The van der Waals surface area contributed by atoms with E-state index in [9.17, 15) is 19.2 Å². The van der Waals surface area contributed by atoms with Crippen molar-refractivity contribution in [1.82, 2.24) is 15.1 Å². The molecule has 0 unspecified atom stereocenters. The highest BCUT2D eigenvalue weighted by Crippen LogP contribution is 2.28. The number of carbonyl (C=O) groups is 4.